The van der Waals surface area contributed by atoms with Crippen LogP contribution in [-0.2, 0) is 32.1 Å². The van der Waals surface area contributed by atoms with Gasteiger partial charge in [-0.3, -0.25) is 14.9 Å². The van der Waals surface area contributed by atoms with Crippen LogP contribution in [0.5, 0.6) is 0 Å². The fourth-order valence-corrected chi connectivity index (χ4v) is 4.41. The van der Waals surface area contributed by atoms with Crippen molar-refractivity contribution in [2.45, 2.75) is 69.7 Å². The van der Waals surface area contributed by atoms with Crippen LogP contribution in [0, 0.1) is 0 Å². The number of carbonyl (C=O) groups is 4. The Balaban J connectivity index is 1.64. The van der Waals surface area contributed by atoms with E-state index in [9.17, 15) is 29.4 Å². The van der Waals surface area contributed by atoms with Crippen molar-refractivity contribution in [3.8, 4) is 0 Å². The molecule has 10 heteroatoms. The lowest BCUT2D eigenvalue weighted by Crippen LogP contribution is -2.54. The van der Waals surface area contributed by atoms with E-state index in [1.807, 2.05) is 30.3 Å². The van der Waals surface area contributed by atoms with Crippen molar-refractivity contribution < 1.29 is 41.0 Å². The van der Waals surface area contributed by atoms with Gasteiger partial charge in [-0.15, -0.1) is 0 Å². The number of nitrogens with one attached hydrogen (secondary N) is 2. The predicted molar refractivity (Wildman–Crippen MR) is 144 cm³/mol. The number of aliphatic carboxylic acids is 2. The molecule has 39 heavy (non-hydrogen) atoms. The molecule has 1 saturated heterocycles. The number of rotatable bonds is 15. The third kappa shape index (κ3) is 9.72. The summed E-state index contributed by atoms with van der Waals surface area (Å²) >= 11 is 0. The lowest BCUT2D eigenvalue weighted by atomic mass is 10.0. The highest BCUT2D eigenvalue weighted by atomic mass is 16.5. The lowest BCUT2D eigenvalue weighted by molar-refractivity contribution is -0.149. The number of amides is 2. The van der Waals surface area contributed by atoms with Crippen LogP contribution in [-0.4, -0.2) is 70.3 Å². The van der Waals surface area contributed by atoms with Gasteiger partial charge in [-0.2, -0.15) is 0 Å². The van der Waals surface area contributed by atoms with Crippen LogP contribution in [0.15, 0.2) is 60.5 Å². The van der Waals surface area contributed by atoms with Gasteiger partial charge in [0, 0.05) is 13.1 Å². The Morgan fingerprint density at radius 1 is 1.00 bits per heavy atom. The summed E-state index contributed by atoms with van der Waals surface area (Å²) < 4.78 is 44.8. The number of likely N-dealkylation sites (tertiary alicyclic amines) is 1. The molecule has 2 aromatic rings. The number of nitrogens with zero attached hydrogens (tertiary/aromatic N) is 1. The molecule has 0 saturated carbocycles. The van der Waals surface area contributed by atoms with Crippen molar-refractivity contribution in [1.82, 2.24) is 15.5 Å². The number of alkyl carbamates (subject to hydrolysis) is 1. The van der Waals surface area contributed by atoms with Gasteiger partial charge >= 0.3 is 18.0 Å². The normalized spacial score (nSPS) is 18.1. The molecule has 1 heterocycles. The highest BCUT2D eigenvalue weighted by Gasteiger charge is 2.38. The molecule has 3 atom stereocenters. The summed E-state index contributed by atoms with van der Waals surface area (Å²) in [5, 5.41) is 25.0. The molecular weight excluding hydrogens is 502 g/mol. The monoisotopic (exact) mass is 544 g/mol. The van der Waals surface area contributed by atoms with E-state index in [1.165, 1.54) is 4.90 Å². The van der Waals surface area contributed by atoms with Gasteiger partial charge in [0.05, 0.1) is 12.9 Å². The van der Waals surface area contributed by atoms with Crippen molar-refractivity contribution in [2.75, 3.05) is 13.1 Å². The van der Waals surface area contributed by atoms with Crippen LogP contribution in [0.2, 0.25) is 0 Å². The van der Waals surface area contributed by atoms with E-state index in [2.05, 4.69) is 10.6 Å². The predicted octanol–water partition coefficient (Wildman–Crippen LogP) is 3.20. The molecule has 2 aromatic carbocycles. The van der Waals surface area contributed by atoms with E-state index in [4.69, 9.17) is 11.6 Å². The number of hydrogen-bond donors (Lipinski definition) is 4. The molecule has 3 rings (SSSR count). The fraction of sp³-hybridized carbons (Fsp3) is 0.448. The summed E-state index contributed by atoms with van der Waals surface area (Å²) in [7, 11) is 0. The summed E-state index contributed by atoms with van der Waals surface area (Å²) in [5.41, 5.74) is 0.791. The molecule has 2 amide bonds. The second-order valence-corrected chi connectivity index (χ2v) is 9.26. The average Bonchev–Trinajstić information content (AvgIpc) is 3.51. The maximum atomic E-state index is 13.5. The lowest BCUT2D eigenvalue weighted by Gasteiger charge is -2.29. The minimum atomic E-state index is -1.33. The molecular formula is C29H37N3O7. The summed E-state index contributed by atoms with van der Waals surface area (Å²) in [6, 6.07) is 3.25. The maximum absolute atomic E-state index is 13.5. The Labute approximate surface area is 235 Å². The SMILES string of the molecule is [2H]c1c([2H])c([2H])c(CC[C@@H](N[C@@H](CCCCNC(=O)OCc2ccccc2)C(=O)N2CCC[C@@H]2C(=O)O)C(=O)O)c([2H])c1[2H]. The number of ether oxygens (including phenoxy) is 1. The summed E-state index contributed by atoms with van der Waals surface area (Å²) in [6.45, 7) is 0.546. The fourth-order valence-electron chi connectivity index (χ4n) is 4.41. The van der Waals surface area contributed by atoms with E-state index in [1.54, 1.807) is 0 Å². The van der Waals surface area contributed by atoms with E-state index in [0.717, 1.165) is 5.56 Å². The Hall–Kier alpha value is -3.92. The molecule has 1 fully saturated rings. The first-order valence-electron chi connectivity index (χ1n) is 15.4. The zero-order chi connectivity index (χ0) is 32.4. The summed E-state index contributed by atoms with van der Waals surface area (Å²) in [4.78, 5) is 50.7. The maximum Gasteiger partial charge on any atom is 0.407 e. The molecule has 0 unspecified atom stereocenters. The first kappa shape index (κ1) is 23.0. The number of hydrogen-bond acceptors (Lipinski definition) is 6. The minimum Gasteiger partial charge on any atom is -0.480 e. The highest BCUT2D eigenvalue weighted by Crippen LogP contribution is 2.20. The molecule has 10 nitrogen and oxygen atoms in total. The van der Waals surface area contributed by atoms with Gasteiger partial charge in [0.1, 0.15) is 18.7 Å². The zero-order valence-corrected chi connectivity index (χ0v) is 21.6. The standard InChI is InChI=1S/C29H37N3O7/c33-26(32-19-9-15-25(32)28(36)37)23(31-24(27(34)35)17-16-21-10-3-1-4-11-21)14-7-8-18-30-29(38)39-20-22-12-5-2-6-13-22/h1-6,10-13,23-25,31H,7-9,14-20H2,(H,30,38)(H,34,35)(H,36,37)/t23-,24+,25+/m0/s1/i1D,3D,4D,10D,11D. The van der Waals surface area contributed by atoms with Crippen molar-refractivity contribution in [3.05, 3.63) is 71.7 Å². The Bertz CT molecular complexity index is 1320. The molecule has 1 aliphatic heterocycles. The van der Waals surface area contributed by atoms with Gasteiger partial charge < -0.3 is 25.2 Å². The van der Waals surface area contributed by atoms with Gasteiger partial charge in [0.15, 0.2) is 0 Å². The molecule has 0 bridgehead atoms. The minimum absolute atomic E-state index is 0.0392. The van der Waals surface area contributed by atoms with Gasteiger partial charge in [-0.25, -0.2) is 9.59 Å². The van der Waals surface area contributed by atoms with E-state index in [-0.39, 0.29) is 50.9 Å². The van der Waals surface area contributed by atoms with Crippen molar-refractivity contribution >= 4 is 23.9 Å². The largest absolute Gasteiger partial charge is 0.480 e. The second kappa shape index (κ2) is 15.5. The zero-order valence-electron chi connectivity index (χ0n) is 26.6. The average molecular weight is 545 g/mol. The van der Waals surface area contributed by atoms with Gasteiger partial charge in [0.2, 0.25) is 5.91 Å². The van der Waals surface area contributed by atoms with Crippen molar-refractivity contribution in [1.29, 1.82) is 0 Å². The molecule has 0 spiro atoms. The second-order valence-electron chi connectivity index (χ2n) is 9.26. The van der Waals surface area contributed by atoms with Crippen LogP contribution < -0.4 is 10.6 Å². The number of unbranched alkanes of at least 4 members (excludes halogenated alkanes) is 1. The smallest absolute Gasteiger partial charge is 0.407 e. The van der Waals surface area contributed by atoms with E-state index >= 15 is 0 Å². The highest BCUT2D eigenvalue weighted by molar-refractivity contribution is 5.88. The topological polar surface area (TPSA) is 145 Å². The number of carboxylic acids is 2. The van der Waals surface area contributed by atoms with Crippen LogP contribution in [0.1, 0.15) is 56.5 Å². The third-order valence-corrected chi connectivity index (χ3v) is 6.46. The molecule has 0 aliphatic carbocycles. The molecule has 4 N–H and O–H groups in total. The van der Waals surface area contributed by atoms with Gasteiger partial charge in [-0.1, -0.05) is 60.5 Å². The van der Waals surface area contributed by atoms with Crippen LogP contribution in [0.3, 0.4) is 0 Å². The van der Waals surface area contributed by atoms with E-state index < -0.39 is 72.3 Å². The Morgan fingerprint density at radius 2 is 1.74 bits per heavy atom. The van der Waals surface area contributed by atoms with Crippen LogP contribution in [0.25, 0.3) is 0 Å². The number of benzene rings is 2. The Morgan fingerprint density at radius 3 is 2.44 bits per heavy atom. The number of carboxylic acid groups (broad SMARTS) is 2. The van der Waals surface area contributed by atoms with Crippen molar-refractivity contribution in [2.24, 2.45) is 0 Å². The quantitative estimate of drug-likeness (QED) is 0.250. The summed E-state index contributed by atoms with van der Waals surface area (Å²) in [6.07, 6.45) is 0.739. The van der Waals surface area contributed by atoms with Gasteiger partial charge in [-0.05, 0) is 56.1 Å². The van der Waals surface area contributed by atoms with Crippen LogP contribution >= 0.6 is 0 Å². The molecule has 0 aromatic heterocycles. The van der Waals surface area contributed by atoms with E-state index in [0.29, 0.717) is 19.3 Å². The van der Waals surface area contributed by atoms with Crippen LogP contribution in [0.4, 0.5) is 4.79 Å². The molecule has 1 aliphatic rings. The first-order valence-corrected chi connectivity index (χ1v) is 12.9. The first-order chi connectivity index (χ1) is 20.9. The molecule has 0 radical (unpaired) electrons. The Kier molecular flexibility index (Phi) is 9.13. The third-order valence-electron chi connectivity index (χ3n) is 6.46. The molecule has 210 valence electrons. The summed E-state index contributed by atoms with van der Waals surface area (Å²) in [5.74, 6) is -3.02. The van der Waals surface area contributed by atoms with Gasteiger partial charge in [0.25, 0.3) is 0 Å². The van der Waals surface area contributed by atoms with Crippen molar-refractivity contribution in [3.63, 3.8) is 0 Å². The number of carbonyl (C=O) groups excluding carboxylic acids is 2.